The quantitative estimate of drug-likeness (QED) is 0.429. The van der Waals surface area contributed by atoms with E-state index in [1.54, 1.807) is 6.07 Å². The van der Waals surface area contributed by atoms with Crippen molar-refractivity contribution < 1.29 is 5.11 Å². The van der Waals surface area contributed by atoms with Crippen molar-refractivity contribution in [1.82, 2.24) is 10.7 Å². The molecule has 0 amide bonds. The van der Waals surface area contributed by atoms with Gasteiger partial charge in [-0.3, -0.25) is 5.43 Å². The standard InChI is InChI=1S/C16H15Cl2N3OS/c1-10(11-5-3-2-4-6-11)20-16(23)21-19-9-12-7-13(17)8-14(18)15(12)22/h2-10,22H,1H3,(H2,20,21,23)/b19-9+. The Morgan fingerprint density at radius 2 is 1.96 bits per heavy atom. The maximum atomic E-state index is 9.82. The van der Waals surface area contributed by atoms with Gasteiger partial charge in [-0.2, -0.15) is 5.10 Å². The van der Waals surface area contributed by atoms with Crippen molar-refractivity contribution in [2.24, 2.45) is 5.10 Å². The summed E-state index contributed by atoms with van der Waals surface area (Å²) in [7, 11) is 0. The number of hydrazone groups is 1. The van der Waals surface area contributed by atoms with E-state index >= 15 is 0 Å². The Labute approximate surface area is 150 Å². The second-order valence-corrected chi connectivity index (χ2v) is 6.05. The van der Waals surface area contributed by atoms with Gasteiger partial charge in [0.25, 0.3) is 0 Å². The Bertz CT molecular complexity index is 723. The molecule has 0 heterocycles. The van der Waals surface area contributed by atoms with Crippen LogP contribution in [0.2, 0.25) is 10.0 Å². The number of phenols is 1. The molecule has 0 spiro atoms. The van der Waals surface area contributed by atoms with Gasteiger partial charge in [-0.1, -0.05) is 53.5 Å². The summed E-state index contributed by atoms with van der Waals surface area (Å²) in [4.78, 5) is 0. The van der Waals surface area contributed by atoms with Crippen LogP contribution in [0, 0.1) is 0 Å². The van der Waals surface area contributed by atoms with Crippen LogP contribution in [0.1, 0.15) is 24.1 Å². The summed E-state index contributed by atoms with van der Waals surface area (Å²) < 4.78 is 0. The molecule has 2 aromatic carbocycles. The van der Waals surface area contributed by atoms with E-state index in [0.717, 1.165) is 5.56 Å². The van der Waals surface area contributed by atoms with Gasteiger partial charge < -0.3 is 10.4 Å². The van der Waals surface area contributed by atoms with Crippen molar-refractivity contribution >= 4 is 46.7 Å². The van der Waals surface area contributed by atoms with Crippen molar-refractivity contribution in [3.8, 4) is 5.75 Å². The second kappa shape index (κ2) is 8.15. The van der Waals surface area contributed by atoms with E-state index in [2.05, 4.69) is 15.8 Å². The maximum Gasteiger partial charge on any atom is 0.187 e. The number of aromatic hydroxyl groups is 1. The molecule has 23 heavy (non-hydrogen) atoms. The minimum absolute atomic E-state index is 0.0421. The van der Waals surface area contributed by atoms with Gasteiger partial charge in [0.15, 0.2) is 5.11 Å². The van der Waals surface area contributed by atoms with Gasteiger partial charge in [0.05, 0.1) is 17.3 Å². The van der Waals surface area contributed by atoms with Crippen molar-refractivity contribution in [2.75, 3.05) is 0 Å². The summed E-state index contributed by atoms with van der Waals surface area (Å²) in [6, 6.07) is 13.0. The van der Waals surface area contributed by atoms with E-state index in [9.17, 15) is 5.11 Å². The molecule has 0 radical (unpaired) electrons. The number of hydrogen-bond acceptors (Lipinski definition) is 3. The van der Waals surface area contributed by atoms with E-state index in [4.69, 9.17) is 35.4 Å². The van der Waals surface area contributed by atoms with Crippen molar-refractivity contribution in [1.29, 1.82) is 0 Å². The van der Waals surface area contributed by atoms with Crippen LogP contribution < -0.4 is 10.7 Å². The van der Waals surface area contributed by atoms with E-state index in [-0.39, 0.29) is 16.8 Å². The molecule has 1 unspecified atom stereocenters. The number of halogens is 2. The lowest BCUT2D eigenvalue weighted by atomic mass is 10.1. The monoisotopic (exact) mass is 367 g/mol. The van der Waals surface area contributed by atoms with E-state index in [0.29, 0.717) is 15.7 Å². The van der Waals surface area contributed by atoms with Crippen LogP contribution >= 0.6 is 35.4 Å². The molecule has 0 aliphatic heterocycles. The predicted molar refractivity (Wildman–Crippen MR) is 99.4 cm³/mol. The predicted octanol–water partition coefficient (Wildman–Crippen LogP) is 4.26. The largest absolute Gasteiger partial charge is 0.506 e. The molecule has 0 aliphatic carbocycles. The first-order chi connectivity index (χ1) is 11.0. The summed E-state index contributed by atoms with van der Waals surface area (Å²) in [5.74, 6) is -0.0850. The lowest BCUT2D eigenvalue weighted by Gasteiger charge is -2.15. The number of benzene rings is 2. The van der Waals surface area contributed by atoms with E-state index in [1.807, 2.05) is 37.3 Å². The van der Waals surface area contributed by atoms with E-state index in [1.165, 1.54) is 12.3 Å². The highest BCUT2D eigenvalue weighted by molar-refractivity contribution is 7.80. The first kappa shape index (κ1) is 17.5. The van der Waals surface area contributed by atoms with Crippen LogP contribution in [-0.4, -0.2) is 16.4 Å². The smallest absolute Gasteiger partial charge is 0.187 e. The Hall–Kier alpha value is -1.82. The van der Waals surface area contributed by atoms with Gasteiger partial charge in [0.2, 0.25) is 0 Å². The van der Waals surface area contributed by atoms with Gasteiger partial charge in [-0.25, -0.2) is 0 Å². The topological polar surface area (TPSA) is 56.7 Å². The summed E-state index contributed by atoms with van der Waals surface area (Å²) >= 11 is 16.9. The Kier molecular flexibility index (Phi) is 6.21. The molecule has 0 aromatic heterocycles. The molecule has 0 saturated heterocycles. The third-order valence-electron chi connectivity index (χ3n) is 3.07. The van der Waals surface area contributed by atoms with Crippen molar-refractivity contribution in [2.45, 2.75) is 13.0 Å². The van der Waals surface area contributed by atoms with Crippen LogP contribution in [0.15, 0.2) is 47.6 Å². The molecule has 0 fully saturated rings. The van der Waals surface area contributed by atoms with E-state index < -0.39 is 0 Å². The number of nitrogens with one attached hydrogen (secondary N) is 2. The average Bonchev–Trinajstić information content (AvgIpc) is 2.52. The fourth-order valence-electron chi connectivity index (χ4n) is 1.90. The zero-order chi connectivity index (χ0) is 16.8. The van der Waals surface area contributed by atoms with Crippen LogP contribution in [0.5, 0.6) is 5.75 Å². The van der Waals surface area contributed by atoms with Gasteiger partial charge >= 0.3 is 0 Å². The maximum absolute atomic E-state index is 9.82. The SMILES string of the molecule is CC(NC(=S)N/N=C/c1cc(Cl)cc(Cl)c1O)c1ccccc1. The summed E-state index contributed by atoms with van der Waals surface area (Å²) in [6.07, 6.45) is 1.40. The van der Waals surface area contributed by atoms with Crippen molar-refractivity contribution in [3.63, 3.8) is 0 Å². The summed E-state index contributed by atoms with van der Waals surface area (Å²) in [5, 5.41) is 17.9. The molecule has 3 N–H and O–H groups in total. The molecule has 0 aliphatic rings. The molecule has 0 saturated carbocycles. The summed E-state index contributed by atoms with van der Waals surface area (Å²) in [5.41, 5.74) is 4.20. The third kappa shape index (κ3) is 5.10. The van der Waals surface area contributed by atoms with Crippen LogP contribution in [0.3, 0.4) is 0 Å². The highest BCUT2D eigenvalue weighted by Gasteiger charge is 2.07. The first-order valence-electron chi connectivity index (χ1n) is 6.80. The third-order valence-corrected chi connectivity index (χ3v) is 3.79. The molecular formula is C16H15Cl2N3OS. The normalized spacial score (nSPS) is 12.1. The lowest BCUT2D eigenvalue weighted by Crippen LogP contribution is -2.34. The minimum Gasteiger partial charge on any atom is -0.506 e. The molecular weight excluding hydrogens is 353 g/mol. The Balaban J connectivity index is 1.94. The Morgan fingerprint density at radius 1 is 1.26 bits per heavy atom. The Morgan fingerprint density at radius 3 is 2.65 bits per heavy atom. The number of rotatable bonds is 4. The summed E-state index contributed by atoms with van der Waals surface area (Å²) in [6.45, 7) is 2.00. The number of phenolic OH excluding ortho intramolecular Hbond substituents is 1. The molecule has 7 heteroatoms. The molecule has 4 nitrogen and oxygen atoms in total. The molecule has 2 aromatic rings. The van der Waals surface area contributed by atoms with Gasteiger partial charge in [0, 0.05) is 10.6 Å². The highest BCUT2D eigenvalue weighted by atomic mass is 35.5. The van der Waals surface area contributed by atoms with Crippen LogP contribution in [0.4, 0.5) is 0 Å². The second-order valence-electron chi connectivity index (χ2n) is 4.80. The number of thiocarbonyl (C=S) groups is 1. The van der Waals surface area contributed by atoms with Gasteiger partial charge in [-0.15, -0.1) is 0 Å². The van der Waals surface area contributed by atoms with Crippen LogP contribution in [-0.2, 0) is 0 Å². The minimum atomic E-state index is -0.0850. The molecule has 0 bridgehead atoms. The zero-order valence-corrected chi connectivity index (χ0v) is 14.6. The molecule has 120 valence electrons. The fraction of sp³-hybridized carbons (Fsp3) is 0.125. The van der Waals surface area contributed by atoms with Gasteiger partial charge in [0.1, 0.15) is 5.75 Å². The lowest BCUT2D eigenvalue weighted by molar-refractivity contribution is 0.474. The first-order valence-corrected chi connectivity index (χ1v) is 7.96. The average molecular weight is 368 g/mol. The molecule has 1 atom stereocenters. The molecule has 2 rings (SSSR count). The highest BCUT2D eigenvalue weighted by Crippen LogP contribution is 2.29. The fourth-order valence-corrected chi connectivity index (χ4v) is 2.64. The number of nitrogens with zero attached hydrogens (tertiary/aromatic N) is 1. The zero-order valence-electron chi connectivity index (χ0n) is 12.3. The van der Waals surface area contributed by atoms with Crippen molar-refractivity contribution in [3.05, 3.63) is 63.6 Å². The van der Waals surface area contributed by atoms with Crippen LogP contribution in [0.25, 0.3) is 0 Å². The number of hydrogen-bond donors (Lipinski definition) is 3. The van der Waals surface area contributed by atoms with Gasteiger partial charge in [-0.05, 0) is 36.8 Å².